The zero-order valence-corrected chi connectivity index (χ0v) is 12.3. The van der Waals surface area contributed by atoms with Gasteiger partial charge in [-0.1, -0.05) is 12.8 Å². The minimum atomic E-state index is -0.592. The van der Waals surface area contributed by atoms with Crippen molar-refractivity contribution in [3.05, 3.63) is 34.1 Å². The molecule has 0 aliphatic carbocycles. The lowest BCUT2D eigenvalue weighted by Crippen LogP contribution is -2.33. The van der Waals surface area contributed by atoms with E-state index in [2.05, 4.69) is 10.6 Å². The van der Waals surface area contributed by atoms with Crippen LogP contribution in [-0.4, -0.2) is 23.6 Å². The zero-order chi connectivity index (χ0) is 15.2. The summed E-state index contributed by atoms with van der Waals surface area (Å²) in [5, 5.41) is 17.6. The highest BCUT2D eigenvalue weighted by atomic mass is 19.1. The van der Waals surface area contributed by atoms with Gasteiger partial charge in [0.05, 0.1) is 11.0 Å². The van der Waals surface area contributed by atoms with Crippen LogP contribution in [0.2, 0.25) is 0 Å². The van der Waals surface area contributed by atoms with E-state index in [-0.39, 0.29) is 11.7 Å². The Bertz CT molecular complexity index is 488. The molecule has 5 nitrogen and oxygen atoms in total. The largest absolute Gasteiger partial charge is 0.377 e. The van der Waals surface area contributed by atoms with Gasteiger partial charge in [0.15, 0.2) is 0 Å². The molecule has 0 saturated carbocycles. The molecule has 116 valence electrons. The minimum absolute atomic E-state index is 0.0877. The number of nitro benzene ring substituents is 1. The van der Waals surface area contributed by atoms with E-state index in [0.29, 0.717) is 11.7 Å². The summed E-state index contributed by atoms with van der Waals surface area (Å²) in [4.78, 5) is 10.4. The highest BCUT2D eigenvalue weighted by Crippen LogP contribution is 2.26. The Balaban J connectivity index is 1.98. The zero-order valence-electron chi connectivity index (χ0n) is 12.3. The van der Waals surface area contributed by atoms with Crippen molar-refractivity contribution < 1.29 is 9.31 Å². The third-order valence-electron chi connectivity index (χ3n) is 3.86. The van der Waals surface area contributed by atoms with Crippen molar-refractivity contribution in [3.63, 3.8) is 0 Å². The summed E-state index contributed by atoms with van der Waals surface area (Å²) >= 11 is 0. The first-order valence-corrected chi connectivity index (χ1v) is 7.50. The molecule has 0 spiro atoms. The number of halogens is 1. The molecule has 1 fully saturated rings. The molecule has 6 heteroatoms. The Morgan fingerprint density at radius 1 is 1.48 bits per heavy atom. The Morgan fingerprint density at radius 2 is 2.29 bits per heavy atom. The number of nitrogens with one attached hydrogen (secondary N) is 2. The molecule has 0 amide bonds. The van der Waals surface area contributed by atoms with E-state index in [1.165, 1.54) is 31.4 Å². The molecule has 1 aromatic rings. The highest BCUT2D eigenvalue weighted by Gasteiger charge is 2.19. The third-order valence-corrected chi connectivity index (χ3v) is 3.86. The molecule has 0 radical (unpaired) electrons. The van der Waals surface area contributed by atoms with E-state index < -0.39 is 10.7 Å². The molecular weight excluding hydrogens is 273 g/mol. The number of benzene rings is 1. The van der Waals surface area contributed by atoms with Gasteiger partial charge < -0.3 is 10.6 Å². The number of hydrogen-bond acceptors (Lipinski definition) is 4. The molecule has 2 N–H and O–H groups in total. The van der Waals surface area contributed by atoms with E-state index >= 15 is 0 Å². The molecule has 0 bridgehead atoms. The maximum absolute atomic E-state index is 13.1. The van der Waals surface area contributed by atoms with Crippen molar-refractivity contribution in [1.82, 2.24) is 5.32 Å². The second kappa shape index (κ2) is 7.36. The fourth-order valence-electron chi connectivity index (χ4n) is 2.83. The molecule has 0 aromatic heterocycles. The van der Waals surface area contributed by atoms with E-state index in [4.69, 9.17) is 0 Å². The lowest BCUT2D eigenvalue weighted by Gasteiger charge is -2.22. The first-order chi connectivity index (χ1) is 10.1. The van der Waals surface area contributed by atoms with Crippen molar-refractivity contribution in [2.24, 2.45) is 0 Å². The predicted octanol–water partition coefficient (Wildman–Crippen LogP) is 3.46. The SMILES string of the molecule is CC(CC1CCCCCN1)Nc1ccc(F)cc1[N+](=O)[O-]. The first kappa shape index (κ1) is 15.7. The summed E-state index contributed by atoms with van der Waals surface area (Å²) in [5.41, 5.74) is 0.165. The summed E-state index contributed by atoms with van der Waals surface area (Å²) in [6.07, 6.45) is 5.73. The van der Waals surface area contributed by atoms with Gasteiger partial charge in [0.1, 0.15) is 11.5 Å². The molecule has 2 unspecified atom stereocenters. The van der Waals surface area contributed by atoms with Crippen LogP contribution in [0.1, 0.15) is 39.0 Å². The number of hydrogen-bond donors (Lipinski definition) is 2. The van der Waals surface area contributed by atoms with Gasteiger partial charge in [-0.25, -0.2) is 4.39 Å². The number of anilines is 1. The molecule has 1 saturated heterocycles. The standard InChI is InChI=1S/C15H22FN3O2/c1-11(9-13-5-3-2-4-8-17-13)18-14-7-6-12(16)10-15(14)19(20)21/h6-7,10-11,13,17-18H,2-5,8-9H2,1H3. The maximum Gasteiger partial charge on any atom is 0.295 e. The molecule has 2 atom stereocenters. The normalized spacial score (nSPS) is 20.6. The van der Waals surface area contributed by atoms with Gasteiger partial charge in [-0.3, -0.25) is 10.1 Å². The molecule has 21 heavy (non-hydrogen) atoms. The van der Waals surface area contributed by atoms with E-state index in [1.807, 2.05) is 6.92 Å². The van der Waals surface area contributed by atoms with Crippen LogP contribution in [0.25, 0.3) is 0 Å². The van der Waals surface area contributed by atoms with Crippen LogP contribution in [0.15, 0.2) is 18.2 Å². The van der Waals surface area contributed by atoms with Crippen molar-refractivity contribution in [3.8, 4) is 0 Å². The maximum atomic E-state index is 13.1. The van der Waals surface area contributed by atoms with Crippen molar-refractivity contribution in [2.75, 3.05) is 11.9 Å². The molecule has 1 aromatic carbocycles. The van der Waals surface area contributed by atoms with Crippen LogP contribution in [0, 0.1) is 15.9 Å². The lowest BCUT2D eigenvalue weighted by molar-refractivity contribution is -0.384. The fourth-order valence-corrected chi connectivity index (χ4v) is 2.83. The first-order valence-electron chi connectivity index (χ1n) is 7.50. The second-order valence-electron chi connectivity index (χ2n) is 5.70. The van der Waals surface area contributed by atoms with E-state index in [1.54, 1.807) is 0 Å². The monoisotopic (exact) mass is 295 g/mol. The van der Waals surface area contributed by atoms with Crippen molar-refractivity contribution in [2.45, 2.75) is 51.1 Å². The van der Waals surface area contributed by atoms with E-state index in [0.717, 1.165) is 25.5 Å². The summed E-state index contributed by atoms with van der Waals surface area (Å²) in [6, 6.07) is 4.16. The highest BCUT2D eigenvalue weighted by molar-refractivity contribution is 5.61. The quantitative estimate of drug-likeness (QED) is 0.645. The van der Waals surface area contributed by atoms with Gasteiger partial charge in [0.25, 0.3) is 5.69 Å². The van der Waals surface area contributed by atoms with Gasteiger partial charge in [0, 0.05) is 12.1 Å². The van der Waals surface area contributed by atoms with Gasteiger partial charge in [-0.15, -0.1) is 0 Å². The van der Waals surface area contributed by atoms with Gasteiger partial charge >= 0.3 is 0 Å². The van der Waals surface area contributed by atoms with Crippen LogP contribution in [0.5, 0.6) is 0 Å². The summed E-state index contributed by atoms with van der Waals surface area (Å²) in [5.74, 6) is -0.592. The Morgan fingerprint density at radius 3 is 3.05 bits per heavy atom. The van der Waals surface area contributed by atoms with E-state index in [9.17, 15) is 14.5 Å². The van der Waals surface area contributed by atoms with Crippen LogP contribution < -0.4 is 10.6 Å². The second-order valence-corrected chi connectivity index (χ2v) is 5.70. The Labute approximate surface area is 124 Å². The van der Waals surface area contributed by atoms with Crippen LogP contribution in [0.3, 0.4) is 0 Å². The Kier molecular flexibility index (Phi) is 5.50. The van der Waals surface area contributed by atoms with Crippen LogP contribution >= 0.6 is 0 Å². The third kappa shape index (κ3) is 4.67. The number of nitrogens with zero attached hydrogens (tertiary/aromatic N) is 1. The molecule has 1 heterocycles. The van der Waals surface area contributed by atoms with Gasteiger partial charge in [-0.05, 0) is 44.9 Å². The lowest BCUT2D eigenvalue weighted by atomic mass is 10.0. The van der Waals surface area contributed by atoms with Gasteiger partial charge in [0.2, 0.25) is 0 Å². The Hall–Kier alpha value is -1.69. The fraction of sp³-hybridized carbons (Fsp3) is 0.600. The predicted molar refractivity (Wildman–Crippen MR) is 81.0 cm³/mol. The molecule has 2 rings (SSSR count). The van der Waals surface area contributed by atoms with Crippen LogP contribution in [0.4, 0.5) is 15.8 Å². The van der Waals surface area contributed by atoms with Crippen LogP contribution in [-0.2, 0) is 0 Å². The van der Waals surface area contributed by atoms with Crippen molar-refractivity contribution in [1.29, 1.82) is 0 Å². The summed E-state index contributed by atoms with van der Waals surface area (Å²) in [6.45, 7) is 3.04. The molecular formula is C15H22FN3O2. The average molecular weight is 295 g/mol. The smallest absolute Gasteiger partial charge is 0.295 e. The minimum Gasteiger partial charge on any atom is -0.377 e. The van der Waals surface area contributed by atoms with Gasteiger partial charge in [-0.2, -0.15) is 0 Å². The summed E-state index contributed by atoms with van der Waals surface area (Å²) < 4.78 is 13.1. The topological polar surface area (TPSA) is 67.2 Å². The number of rotatable bonds is 5. The molecule has 1 aliphatic heterocycles. The summed E-state index contributed by atoms with van der Waals surface area (Å²) in [7, 11) is 0. The number of nitro groups is 1. The van der Waals surface area contributed by atoms with Crippen molar-refractivity contribution >= 4 is 11.4 Å². The molecule has 1 aliphatic rings. The average Bonchev–Trinajstić information content (AvgIpc) is 2.69.